The van der Waals surface area contributed by atoms with Crippen LogP contribution in [0, 0.1) is 9.49 Å². The first kappa shape index (κ1) is 17.7. The summed E-state index contributed by atoms with van der Waals surface area (Å²) in [5.74, 6) is -0.330. The molecule has 0 saturated carbocycles. The third-order valence-electron chi connectivity index (χ3n) is 4.49. The molecule has 2 aromatic carbocycles. The molecule has 1 fully saturated rings. The van der Waals surface area contributed by atoms with Gasteiger partial charge in [-0.15, -0.1) is 0 Å². The lowest BCUT2D eigenvalue weighted by Gasteiger charge is -2.32. The van der Waals surface area contributed by atoms with E-state index < -0.39 is 0 Å². The van der Waals surface area contributed by atoms with Crippen LogP contribution in [0.1, 0.15) is 23.2 Å². The van der Waals surface area contributed by atoms with E-state index in [0.29, 0.717) is 5.56 Å². The Hall–Kier alpha value is -2.09. The second-order valence-electron chi connectivity index (χ2n) is 6.17. The Morgan fingerprint density at radius 3 is 2.16 bits per heavy atom. The highest BCUT2D eigenvalue weighted by Crippen LogP contribution is 2.24. The summed E-state index contributed by atoms with van der Waals surface area (Å²) in [6.07, 6.45) is 1.58. The van der Waals surface area contributed by atoms with Crippen LogP contribution < -0.4 is 16.0 Å². The fourth-order valence-corrected chi connectivity index (χ4v) is 3.34. The molecule has 1 aliphatic heterocycles. The van der Waals surface area contributed by atoms with Crippen molar-refractivity contribution in [3.05, 3.63) is 57.7 Å². The van der Waals surface area contributed by atoms with Gasteiger partial charge < -0.3 is 16.0 Å². The van der Waals surface area contributed by atoms with Crippen LogP contribution in [-0.2, 0) is 4.79 Å². The van der Waals surface area contributed by atoms with Gasteiger partial charge in [-0.25, -0.2) is 0 Å². The highest BCUT2D eigenvalue weighted by Gasteiger charge is 2.23. The molecule has 2 aromatic rings. The molecule has 2 amide bonds. The van der Waals surface area contributed by atoms with Crippen molar-refractivity contribution < 1.29 is 9.59 Å². The van der Waals surface area contributed by atoms with Crippen molar-refractivity contribution in [1.29, 1.82) is 0 Å². The maximum atomic E-state index is 12.2. The zero-order valence-corrected chi connectivity index (χ0v) is 15.9. The number of benzene rings is 2. The van der Waals surface area contributed by atoms with Gasteiger partial charge in [0.1, 0.15) is 0 Å². The average molecular weight is 449 g/mol. The molecule has 0 atom stereocenters. The van der Waals surface area contributed by atoms with Crippen LogP contribution in [0.3, 0.4) is 0 Å². The number of anilines is 2. The number of nitrogens with one attached hydrogen (secondary N) is 1. The molecule has 1 saturated heterocycles. The second kappa shape index (κ2) is 7.86. The number of nitrogens with zero attached hydrogens (tertiary/aromatic N) is 1. The summed E-state index contributed by atoms with van der Waals surface area (Å²) in [5.41, 5.74) is 7.87. The van der Waals surface area contributed by atoms with Gasteiger partial charge in [0.2, 0.25) is 5.91 Å². The van der Waals surface area contributed by atoms with Crippen molar-refractivity contribution in [2.24, 2.45) is 11.7 Å². The quantitative estimate of drug-likeness (QED) is 0.704. The van der Waals surface area contributed by atoms with Crippen LogP contribution in [0.4, 0.5) is 11.4 Å². The van der Waals surface area contributed by atoms with Crippen molar-refractivity contribution in [3.8, 4) is 0 Å². The maximum absolute atomic E-state index is 12.2. The van der Waals surface area contributed by atoms with E-state index in [4.69, 9.17) is 5.73 Å². The number of hydrogen-bond acceptors (Lipinski definition) is 3. The number of hydrogen-bond donors (Lipinski definition) is 2. The van der Waals surface area contributed by atoms with Gasteiger partial charge in [-0.1, -0.05) is 0 Å². The topological polar surface area (TPSA) is 75.4 Å². The van der Waals surface area contributed by atoms with Crippen LogP contribution in [0.25, 0.3) is 0 Å². The minimum atomic E-state index is -0.201. The summed E-state index contributed by atoms with van der Waals surface area (Å²) < 4.78 is 1.10. The summed E-state index contributed by atoms with van der Waals surface area (Å²) in [5, 5.41) is 2.91. The molecule has 0 unspecified atom stereocenters. The summed E-state index contributed by atoms with van der Waals surface area (Å²) in [4.78, 5) is 25.7. The number of piperidine rings is 1. The standard InChI is InChI=1S/C19H20IN3O2/c20-15-3-1-14(2-4-15)19(25)22-16-5-7-17(8-6-16)23-11-9-13(10-12-23)18(21)24/h1-8,13H,9-12H2,(H2,21,24)(H,22,25). The van der Waals surface area contributed by atoms with Gasteiger partial charge >= 0.3 is 0 Å². The minimum absolute atomic E-state index is 0.0104. The van der Waals surface area contributed by atoms with E-state index in [1.165, 1.54) is 0 Å². The van der Waals surface area contributed by atoms with Gasteiger partial charge in [-0.3, -0.25) is 9.59 Å². The van der Waals surface area contributed by atoms with E-state index in [0.717, 1.165) is 40.9 Å². The van der Waals surface area contributed by atoms with Gasteiger partial charge in [0, 0.05) is 39.5 Å². The zero-order chi connectivity index (χ0) is 17.8. The van der Waals surface area contributed by atoms with Crippen molar-refractivity contribution in [3.63, 3.8) is 0 Å². The van der Waals surface area contributed by atoms with Gasteiger partial charge in [-0.05, 0) is 84.0 Å². The molecule has 0 radical (unpaired) electrons. The molecule has 3 rings (SSSR count). The largest absolute Gasteiger partial charge is 0.371 e. The van der Waals surface area contributed by atoms with Crippen LogP contribution in [0.5, 0.6) is 0 Å². The highest BCUT2D eigenvalue weighted by molar-refractivity contribution is 14.1. The highest BCUT2D eigenvalue weighted by atomic mass is 127. The van der Waals surface area contributed by atoms with E-state index in [9.17, 15) is 9.59 Å². The van der Waals surface area contributed by atoms with Crippen LogP contribution in [0.2, 0.25) is 0 Å². The Kier molecular flexibility index (Phi) is 5.57. The summed E-state index contributed by atoms with van der Waals surface area (Å²) >= 11 is 2.21. The second-order valence-corrected chi connectivity index (χ2v) is 7.42. The van der Waals surface area contributed by atoms with Crippen molar-refractivity contribution in [2.45, 2.75) is 12.8 Å². The number of rotatable bonds is 4. The van der Waals surface area contributed by atoms with Gasteiger partial charge in [-0.2, -0.15) is 0 Å². The van der Waals surface area contributed by atoms with E-state index in [1.54, 1.807) is 0 Å². The molecule has 130 valence electrons. The smallest absolute Gasteiger partial charge is 0.255 e. The van der Waals surface area contributed by atoms with E-state index in [-0.39, 0.29) is 17.7 Å². The van der Waals surface area contributed by atoms with Gasteiger partial charge in [0.25, 0.3) is 5.91 Å². The molecule has 1 heterocycles. The monoisotopic (exact) mass is 449 g/mol. The molecule has 0 aromatic heterocycles. The normalized spacial score (nSPS) is 15.0. The molecule has 5 nitrogen and oxygen atoms in total. The van der Waals surface area contributed by atoms with Crippen LogP contribution in [-0.4, -0.2) is 24.9 Å². The molecule has 0 aliphatic carbocycles. The van der Waals surface area contributed by atoms with E-state index >= 15 is 0 Å². The fraction of sp³-hybridized carbons (Fsp3) is 0.263. The van der Waals surface area contributed by atoms with E-state index in [1.807, 2.05) is 48.5 Å². The first-order valence-corrected chi connectivity index (χ1v) is 9.32. The Balaban J connectivity index is 1.60. The Labute approximate surface area is 160 Å². The lowest BCUT2D eigenvalue weighted by molar-refractivity contribution is -0.122. The predicted molar refractivity (Wildman–Crippen MR) is 108 cm³/mol. The molecule has 0 spiro atoms. The average Bonchev–Trinajstić information content (AvgIpc) is 2.63. The lowest BCUT2D eigenvalue weighted by atomic mass is 9.96. The number of nitrogens with two attached hydrogens (primary N) is 1. The predicted octanol–water partition coefficient (Wildman–Crippen LogP) is 3.25. The van der Waals surface area contributed by atoms with Crippen LogP contribution >= 0.6 is 22.6 Å². The number of carbonyl (C=O) groups is 2. The Bertz CT molecular complexity index is 751. The van der Waals surface area contributed by atoms with Crippen molar-refractivity contribution in [1.82, 2.24) is 0 Å². The number of halogens is 1. The minimum Gasteiger partial charge on any atom is -0.371 e. The summed E-state index contributed by atoms with van der Waals surface area (Å²) in [6, 6.07) is 15.2. The molecule has 0 bridgehead atoms. The number of carbonyl (C=O) groups excluding carboxylic acids is 2. The van der Waals surface area contributed by atoms with Crippen molar-refractivity contribution in [2.75, 3.05) is 23.3 Å². The third kappa shape index (κ3) is 4.50. The Morgan fingerprint density at radius 2 is 1.60 bits per heavy atom. The lowest BCUT2D eigenvalue weighted by Crippen LogP contribution is -2.38. The molecular formula is C19H20IN3O2. The Morgan fingerprint density at radius 1 is 1.00 bits per heavy atom. The maximum Gasteiger partial charge on any atom is 0.255 e. The molecule has 3 N–H and O–H groups in total. The van der Waals surface area contributed by atoms with Gasteiger partial charge in [0.05, 0.1) is 0 Å². The zero-order valence-electron chi connectivity index (χ0n) is 13.7. The first-order chi connectivity index (χ1) is 12.0. The molecule has 25 heavy (non-hydrogen) atoms. The third-order valence-corrected chi connectivity index (χ3v) is 5.21. The summed E-state index contributed by atoms with van der Waals surface area (Å²) in [7, 11) is 0. The SMILES string of the molecule is NC(=O)C1CCN(c2ccc(NC(=O)c3ccc(I)cc3)cc2)CC1. The summed E-state index contributed by atoms with van der Waals surface area (Å²) in [6.45, 7) is 1.64. The fourth-order valence-electron chi connectivity index (χ4n) is 2.98. The van der Waals surface area contributed by atoms with E-state index in [2.05, 4.69) is 32.8 Å². The van der Waals surface area contributed by atoms with Crippen LogP contribution in [0.15, 0.2) is 48.5 Å². The molecule has 6 heteroatoms. The number of amides is 2. The van der Waals surface area contributed by atoms with Gasteiger partial charge in [0.15, 0.2) is 0 Å². The first-order valence-electron chi connectivity index (χ1n) is 8.24. The molecule has 1 aliphatic rings. The van der Waals surface area contributed by atoms with Crippen molar-refractivity contribution >= 4 is 45.8 Å². The number of primary amides is 1. The molecular weight excluding hydrogens is 429 g/mol.